The smallest absolute Gasteiger partial charge is 0.250 e. The van der Waals surface area contributed by atoms with Gasteiger partial charge in [0.25, 0.3) is 5.91 Å². The van der Waals surface area contributed by atoms with E-state index >= 15 is 0 Å². The van der Waals surface area contributed by atoms with Crippen molar-refractivity contribution in [3.05, 3.63) is 38.6 Å². The van der Waals surface area contributed by atoms with Gasteiger partial charge in [0.05, 0.1) is 27.8 Å². The highest BCUT2D eigenvalue weighted by molar-refractivity contribution is 9.11. The zero-order valence-electron chi connectivity index (χ0n) is 9.31. The molecule has 0 fully saturated rings. The van der Waals surface area contributed by atoms with Crippen LogP contribution in [0.2, 0.25) is 0 Å². The van der Waals surface area contributed by atoms with E-state index in [0.29, 0.717) is 12.4 Å². The number of aromatic nitrogens is 1. The standard InChI is InChI=1S/C11H11BrN4OS/c12-9-2-1-6(18-9)4-15-10-3-7(11(14)17)8(13)5-16-10/h1-3,5H,4,13H2,(H2,14,17)(H,15,16). The van der Waals surface area contributed by atoms with Crippen LogP contribution in [-0.2, 0) is 6.54 Å². The van der Waals surface area contributed by atoms with E-state index in [4.69, 9.17) is 11.5 Å². The van der Waals surface area contributed by atoms with Gasteiger partial charge in [-0.1, -0.05) is 0 Å². The topological polar surface area (TPSA) is 94.0 Å². The Bertz CT molecular complexity index is 584. The predicted octanol–water partition coefficient (Wildman–Crippen LogP) is 2.20. The van der Waals surface area contributed by atoms with E-state index in [1.165, 1.54) is 6.20 Å². The summed E-state index contributed by atoms with van der Waals surface area (Å²) in [6.07, 6.45) is 1.42. The van der Waals surface area contributed by atoms with Crippen LogP contribution < -0.4 is 16.8 Å². The molecule has 0 aliphatic carbocycles. The quantitative estimate of drug-likeness (QED) is 0.802. The number of hydrogen-bond donors (Lipinski definition) is 3. The molecule has 1 amide bonds. The van der Waals surface area contributed by atoms with E-state index in [2.05, 4.69) is 26.2 Å². The minimum Gasteiger partial charge on any atom is -0.397 e. The molecule has 0 radical (unpaired) electrons. The molecule has 2 aromatic heterocycles. The van der Waals surface area contributed by atoms with Crippen molar-refractivity contribution in [2.24, 2.45) is 5.73 Å². The number of rotatable bonds is 4. The molecule has 0 saturated heterocycles. The van der Waals surface area contributed by atoms with Crippen molar-refractivity contribution < 1.29 is 4.79 Å². The predicted molar refractivity (Wildman–Crippen MR) is 76.5 cm³/mol. The molecule has 0 spiro atoms. The summed E-state index contributed by atoms with van der Waals surface area (Å²) in [5.74, 6) is 0.0133. The number of nitrogens with two attached hydrogens (primary N) is 2. The Kier molecular flexibility index (Phi) is 3.83. The lowest BCUT2D eigenvalue weighted by atomic mass is 10.2. The van der Waals surface area contributed by atoms with Gasteiger partial charge in [0.15, 0.2) is 0 Å². The second kappa shape index (κ2) is 5.36. The molecule has 5 nitrogen and oxygen atoms in total. The highest BCUT2D eigenvalue weighted by atomic mass is 79.9. The minimum atomic E-state index is -0.559. The van der Waals surface area contributed by atoms with Crippen LogP contribution in [0.3, 0.4) is 0 Å². The highest BCUT2D eigenvalue weighted by Gasteiger charge is 2.07. The fourth-order valence-corrected chi connectivity index (χ4v) is 2.82. The Hall–Kier alpha value is -1.60. The molecule has 7 heteroatoms. The first kappa shape index (κ1) is 12.8. The van der Waals surface area contributed by atoms with E-state index in [-0.39, 0.29) is 11.3 Å². The monoisotopic (exact) mass is 326 g/mol. The fourth-order valence-electron chi connectivity index (χ4n) is 1.40. The normalized spacial score (nSPS) is 10.3. The first-order chi connectivity index (χ1) is 8.56. The van der Waals surface area contributed by atoms with Crippen molar-refractivity contribution in [1.82, 2.24) is 4.98 Å². The number of hydrogen-bond acceptors (Lipinski definition) is 5. The molecule has 0 aliphatic rings. The van der Waals surface area contributed by atoms with Gasteiger partial charge in [-0.05, 0) is 34.1 Å². The SMILES string of the molecule is NC(=O)c1cc(NCc2ccc(Br)s2)ncc1N. The average molecular weight is 327 g/mol. The number of nitrogens with one attached hydrogen (secondary N) is 1. The largest absolute Gasteiger partial charge is 0.397 e. The van der Waals surface area contributed by atoms with Crippen LogP contribution in [0.4, 0.5) is 11.5 Å². The van der Waals surface area contributed by atoms with E-state index in [1.54, 1.807) is 17.4 Å². The third-order valence-corrected chi connectivity index (χ3v) is 3.90. The molecule has 0 aromatic carbocycles. The highest BCUT2D eigenvalue weighted by Crippen LogP contribution is 2.23. The zero-order chi connectivity index (χ0) is 13.1. The van der Waals surface area contributed by atoms with Gasteiger partial charge in [0, 0.05) is 4.88 Å². The van der Waals surface area contributed by atoms with Crippen LogP contribution in [0.15, 0.2) is 28.2 Å². The van der Waals surface area contributed by atoms with Gasteiger partial charge < -0.3 is 16.8 Å². The van der Waals surface area contributed by atoms with E-state index in [1.807, 2.05) is 12.1 Å². The molecular weight excluding hydrogens is 316 g/mol. The lowest BCUT2D eigenvalue weighted by Crippen LogP contribution is -2.14. The number of nitrogen functional groups attached to an aromatic ring is 1. The molecule has 18 heavy (non-hydrogen) atoms. The number of thiophene rings is 1. The Labute approximate surface area is 116 Å². The molecule has 0 unspecified atom stereocenters. The summed E-state index contributed by atoms with van der Waals surface area (Å²) >= 11 is 5.03. The summed E-state index contributed by atoms with van der Waals surface area (Å²) in [5.41, 5.74) is 11.4. The third kappa shape index (κ3) is 2.99. The Morgan fingerprint density at radius 3 is 2.89 bits per heavy atom. The zero-order valence-corrected chi connectivity index (χ0v) is 11.7. The second-order valence-electron chi connectivity index (χ2n) is 3.58. The second-order valence-corrected chi connectivity index (χ2v) is 6.13. The maximum Gasteiger partial charge on any atom is 0.250 e. The van der Waals surface area contributed by atoms with Gasteiger partial charge in [-0.2, -0.15) is 0 Å². The number of halogens is 1. The Morgan fingerprint density at radius 1 is 1.50 bits per heavy atom. The number of primary amides is 1. The molecule has 2 rings (SSSR count). The van der Waals surface area contributed by atoms with Gasteiger partial charge in [-0.15, -0.1) is 11.3 Å². The van der Waals surface area contributed by atoms with Crippen LogP contribution in [-0.4, -0.2) is 10.9 Å². The fraction of sp³-hybridized carbons (Fsp3) is 0.0909. The van der Waals surface area contributed by atoms with E-state index in [9.17, 15) is 4.79 Å². The maximum atomic E-state index is 11.1. The maximum absolute atomic E-state index is 11.1. The molecule has 5 N–H and O–H groups in total. The molecule has 0 atom stereocenters. The van der Waals surface area contributed by atoms with Crippen LogP contribution in [0.1, 0.15) is 15.2 Å². The summed E-state index contributed by atoms with van der Waals surface area (Å²) in [6, 6.07) is 5.54. The van der Waals surface area contributed by atoms with E-state index in [0.717, 1.165) is 8.66 Å². The lowest BCUT2D eigenvalue weighted by molar-refractivity contribution is 0.100. The summed E-state index contributed by atoms with van der Waals surface area (Å²) in [5, 5.41) is 3.11. The molecular formula is C11H11BrN4OS. The van der Waals surface area contributed by atoms with Crippen molar-refractivity contribution in [2.75, 3.05) is 11.1 Å². The van der Waals surface area contributed by atoms with Gasteiger partial charge in [-0.25, -0.2) is 4.98 Å². The number of carbonyl (C=O) groups excluding carboxylic acids is 1. The summed E-state index contributed by atoms with van der Waals surface area (Å²) in [4.78, 5) is 16.4. The van der Waals surface area contributed by atoms with Crippen LogP contribution >= 0.6 is 27.3 Å². The number of pyridine rings is 1. The van der Waals surface area contributed by atoms with Gasteiger partial charge in [0.1, 0.15) is 5.82 Å². The number of carbonyl (C=O) groups is 1. The van der Waals surface area contributed by atoms with Crippen LogP contribution in [0, 0.1) is 0 Å². The van der Waals surface area contributed by atoms with Crippen molar-refractivity contribution in [2.45, 2.75) is 6.54 Å². The third-order valence-electron chi connectivity index (χ3n) is 2.27. The van der Waals surface area contributed by atoms with Gasteiger partial charge >= 0.3 is 0 Å². The van der Waals surface area contributed by atoms with E-state index < -0.39 is 5.91 Å². The summed E-state index contributed by atoms with van der Waals surface area (Å²) in [7, 11) is 0. The molecule has 0 saturated carbocycles. The van der Waals surface area contributed by atoms with Gasteiger partial charge in [0.2, 0.25) is 0 Å². The first-order valence-electron chi connectivity index (χ1n) is 5.09. The summed E-state index contributed by atoms with van der Waals surface area (Å²) < 4.78 is 1.07. The van der Waals surface area contributed by atoms with Crippen LogP contribution in [0.25, 0.3) is 0 Å². The molecule has 0 bridgehead atoms. The van der Waals surface area contributed by atoms with Crippen molar-refractivity contribution in [3.8, 4) is 0 Å². The first-order valence-corrected chi connectivity index (χ1v) is 6.70. The number of amides is 1. The average Bonchev–Trinajstić information content (AvgIpc) is 2.74. The van der Waals surface area contributed by atoms with Crippen molar-refractivity contribution >= 4 is 44.7 Å². The van der Waals surface area contributed by atoms with Crippen molar-refractivity contribution in [3.63, 3.8) is 0 Å². The minimum absolute atomic E-state index is 0.278. The van der Waals surface area contributed by atoms with Crippen molar-refractivity contribution in [1.29, 1.82) is 0 Å². The molecule has 94 valence electrons. The number of anilines is 2. The number of nitrogens with zero attached hydrogens (tertiary/aromatic N) is 1. The lowest BCUT2D eigenvalue weighted by Gasteiger charge is -2.06. The Morgan fingerprint density at radius 2 is 2.28 bits per heavy atom. The van der Waals surface area contributed by atoms with Gasteiger partial charge in [-0.3, -0.25) is 4.79 Å². The molecule has 2 aromatic rings. The molecule has 2 heterocycles. The molecule has 0 aliphatic heterocycles. The van der Waals surface area contributed by atoms with Crippen LogP contribution in [0.5, 0.6) is 0 Å². The summed E-state index contributed by atoms with van der Waals surface area (Å²) in [6.45, 7) is 0.630. The Balaban J connectivity index is 2.10.